The number of anilines is 1. The van der Waals surface area contributed by atoms with Crippen molar-refractivity contribution in [2.24, 2.45) is 0 Å². The summed E-state index contributed by atoms with van der Waals surface area (Å²) in [5.74, 6) is 0.383. The van der Waals surface area contributed by atoms with Crippen molar-refractivity contribution in [3.05, 3.63) is 66.2 Å². The molecule has 0 saturated heterocycles. The number of benzene rings is 2. The number of H-pyrrole nitrogens is 1. The molecule has 3 aromatic rings. The van der Waals surface area contributed by atoms with E-state index in [1.54, 1.807) is 29.5 Å². The zero-order valence-corrected chi connectivity index (χ0v) is 13.3. The number of para-hydroxylation sites is 1. The predicted octanol–water partition coefficient (Wildman–Crippen LogP) is 2.40. The van der Waals surface area contributed by atoms with Gasteiger partial charge in [0, 0.05) is 16.5 Å². The van der Waals surface area contributed by atoms with Crippen LogP contribution < -0.4 is 16.2 Å². The van der Waals surface area contributed by atoms with E-state index in [9.17, 15) is 9.59 Å². The molecule has 7 heteroatoms. The minimum Gasteiger partial charge on any atom is -0.341 e. The average molecular weight is 338 g/mol. The largest absolute Gasteiger partial charge is 0.341 e. The van der Waals surface area contributed by atoms with E-state index in [0.717, 1.165) is 21.8 Å². The number of aromatic amines is 1. The number of rotatable bonds is 3. The Morgan fingerprint density at radius 1 is 1.04 bits per heavy atom. The molecule has 120 valence electrons. The van der Waals surface area contributed by atoms with Crippen LogP contribution in [0.5, 0.6) is 0 Å². The number of carbonyl (C=O) groups is 1. The van der Waals surface area contributed by atoms with Gasteiger partial charge in [-0.05, 0) is 35.2 Å². The summed E-state index contributed by atoms with van der Waals surface area (Å²) in [4.78, 5) is 26.0. The third kappa shape index (κ3) is 3.80. The maximum absolute atomic E-state index is 12.1. The fraction of sp³-hybridized carbons (Fsp3) is 0. The molecule has 0 aliphatic carbocycles. The van der Waals surface area contributed by atoms with Gasteiger partial charge in [0.25, 0.3) is 5.91 Å². The average Bonchev–Trinajstić information content (AvgIpc) is 3.03. The Morgan fingerprint density at radius 2 is 1.79 bits per heavy atom. The lowest BCUT2D eigenvalue weighted by Gasteiger charge is -2.09. The smallest absolute Gasteiger partial charge is 0.257 e. The van der Waals surface area contributed by atoms with Crippen molar-refractivity contribution in [2.45, 2.75) is 0 Å². The van der Waals surface area contributed by atoms with Crippen molar-refractivity contribution in [3.8, 4) is 0 Å². The first-order valence-corrected chi connectivity index (χ1v) is 7.95. The molecule has 2 aromatic carbocycles. The second kappa shape index (κ2) is 7.43. The number of hydrazine groups is 1. The van der Waals surface area contributed by atoms with Gasteiger partial charge in [-0.25, -0.2) is 4.79 Å². The van der Waals surface area contributed by atoms with E-state index < -0.39 is 0 Å². The summed E-state index contributed by atoms with van der Waals surface area (Å²) in [5.41, 5.74) is 7.19. The number of hydrogen-bond acceptors (Lipinski definition) is 3. The van der Waals surface area contributed by atoms with E-state index in [-0.39, 0.29) is 11.0 Å². The van der Waals surface area contributed by atoms with Crippen LogP contribution in [0.3, 0.4) is 0 Å². The van der Waals surface area contributed by atoms with Crippen LogP contribution in [0.1, 0.15) is 10.4 Å². The molecule has 0 saturated carbocycles. The molecular weight excluding hydrogens is 324 g/mol. The highest BCUT2D eigenvalue weighted by Crippen LogP contribution is 2.17. The van der Waals surface area contributed by atoms with Crippen LogP contribution in [0.15, 0.2) is 60.7 Å². The Bertz CT molecular complexity index is 922. The topological polar surface area (TPSA) is 86.0 Å². The van der Waals surface area contributed by atoms with Crippen LogP contribution in [0.2, 0.25) is 0 Å². The van der Waals surface area contributed by atoms with Gasteiger partial charge in [-0.1, -0.05) is 36.4 Å². The van der Waals surface area contributed by atoms with Gasteiger partial charge in [0.1, 0.15) is 5.82 Å². The van der Waals surface area contributed by atoms with Crippen molar-refractivity contribution in [3.63, 3.8) is 0 Å². The molecule has 0 unspecified atom stereocenters. The molecule has 24 heavy (non-hydrogen) atoms. The number of nitrogens with one attached hydrogen (secondary N) is 4. The van der Waals surface area contributed by atoms with Crippen molar-refractivity contribution < 1.29 is 9.59 Å². The third-order valence-electron chi connectivity index (χ3n) is 3.25. The van der Waals surface area contributed by atoms with Gasteiger partial charge in [-0.3, -0.25) is 4.79 Å². The van der Waals surface area contributed by atoms with Gasteiger partial charge < -0.3 is 15.7 Å². The van der Waals surface area contributed by atoms with Crippen LogP contribution in [-0.2, 0) is 4.79 Å². The molecule has 4 N–H and O–H groups in total. The molecule has 0 aliphatic rings. The monoisotopic (exact) mass is 338 g/mol. The molecule has 0 spiro atoms. The molecular formula is C17H14N4O2S. The summed E-state index contributed by atoms with van der Waals surface area (Å²) >= 11 is 0. The van der Waals surface area contributed by atoms with Gasteiger partial charge in [0.05, 0.1) is 0 Å². The molecule has 6 nitrogen and oxygen atoms in total. The third-order valence-corrected chi connectivity index (χ3v) is 3.74. The maximum Gasteiger partial charge on any atom is 0.257 e. The highest BCUT2D eigenvalue weighted by Gasteiger charge is 2.07. The van der Waals surface area contributed by atoms with Crippen molar-refractivity contribution in [1.82, 2.24) is 15.7 Å². The van der Waals surface area contributed by atoms with Crippen LogP contribution in [0.25, 0.3) is 10.9 Å². The van der Waals surface area contributed by atoms with Crippen LogP contribution >= 0.6 is 10.9 Å². The summed E-state index contributed by atoms with van der Waals surface area (Å²) in [7, 11) is 0.717. The highest BCUT2D eigenvalue weighted by molar-refractivity contribution is 7.96. The lowest BCUT2D eigenvalue weighted by molar-refractivity contribution is 0.0977. The number of amides is 1. The Hall–Kier alpha value is -3.12. The summed E-state index contributed by atoms with van der Waals surface area (Å²) < 4.78 is 0. The quantitative estimate of drug-likeness (QED) is 0.436. The minimum atomic E-state index is -0.320. The normalized spacial score (nSPS) is 10.0. The SMILES string of the molecule is O=C=S=C(NNc1cc2ccccc2[nH]1)NC(=O)c1ccccc1. The number of aromatic nitrogens is 1. The Labute approximate surface area is 141 Å². The van der Waals surface area contributed by atoms with E-state index in [2.05, 4.69) is 21.2 Å². The Morgan fingerprint density at radius 3 is 2.54 bits per heavy atom. The minimum absolute atomic E-state index is 0.234. The molecule has 1 heterocycles. The summed E-state index contributed by atoms with van der Waals surface area (Å²) in [5, 5.41) is 5.60. The van der Waals surface area contributed by atoms with Crippen molar-refractivity contribution >= 4 is 43.9 Å². The summed E-state index contributed by atoms with van der Waals surface area (Å²) in [6.45, 7) is 0. The van der Waals surface area contributed by atoms with Crippen LogP contribution in [-0.4, -0.2) is 21.2 Å². The molecule has 1 amide bonds. The van der Waals surface area contributed by atoms with Gasteiger partial charge in [0.2, 0.25) is 0 Å². The zero-order valence-electron chi connectivity index (χ0n) is 12.5. The molecule has 0 atom stereocenters. The first-order chi connectivity index (χ1) is 11.8. The summed E-state index contributed by atoms with van der Waals surface area (Å²) in [6.07, 6.45) is 0. The van der Waals surface area contributed by atoms with E-state index in [0.29, 0.717) is 11.4 Å². The molecule has 0 bridgehead atoms. The zero-order chi connectivity index (χ0) is 16.8. The highest BCUT2D eigenvalue weighted by atomic mass is 32.1. The van der Waals surface area contributed by atoms with E-state index in [4.69, 9.17) is 0 Å². The fourth-order valence-electron chi connectivity index (χ4n) is 2.15. The van der Waals surface area contributed by atoms with E-state index in [1.165, 1.54) is 0 Å². The van der Waals surface area contributed by atoms with Gasteiger partial charge in [-0.2, -0.15) is 5.43 Å². The number of carbonyl (C=O) groups excluding carboxylic acids is 2. The van der Waals surface area contributed by atoms with Gasteiger partial charge >= 0.3 is 0 Å². The summed E-state index contributed by atoms with van der Waals surface area (Å²) in [6, 6.07) is 18.5. The second-order valence-electron chi connectivity index (χ2n) is 4.85. The number of fused-ring (bicyclic) bond motifs is 1. The lowest BCUT2D eigenvalue weighted by Crippen LogP contribution is -2.42. The molecule has 0 radical (unpaired) electrons. The molecule has 1 aromatic heterocycles. The Balaban J connectivity index is 1.69. The lowest BCUT2D eigenvalue weighted by atomic mass is 10.2. The van der Waals surface area contributed by atoms with Crippen molar-refractivity contribution in [1.29, 1.82) is 0 Å². The molecule has 0 fully saturated rings. The standard InChI is InChI=1S/C17H14N4O2S/c22-11-24-17(19-16(23)12-6-2-1-3-7-12)21-20-15-10-13-8-4-5-9-14(13)18-15/h1-10,18,20-21H,(H,19,23). The molecule has 3 rings (SSSR count). The predicted molar refractivity (Wildman–Crippen MR) is 97.3 cm³/mol. The number of hydrogen-bond donors (Lipinski definition) is 4. The second-order valence-corrected chi connectivity index (χ2v) is 5.63. The van der Waals surface area contributed by atoms with Gasteiger partial charge in [-0.15, -0.1) is 0 Å². The van der Waals surface area contributed by atoms with Gasteiger partial charge in [0.15, 0.2) is 10.3 Å². The van der Waals surface area contributed by atoms with Crippen LogP contribution in [0, 0.1) is 0 Å². The fourth-order valence-corrected chi connectivity index (χ4v) is 2.48. The first-order valence-electron chi connectivity index (χ1n) is 7.13. The van der Waals surface area contributed by atoms with Crippen LogP contribution in [0.4, 0.5) is 5.82 Å². The van der Waals surface area contributed by atoms with Crippen molar-refractivity contribution in [2.75, 3.05) is 5.43 Å². The first kappa shape index (κ1) is 15.8. The molecule has 0 aliphatic heterocycles. The van der Waals surface area contributed by atoms with E-state index in [1.807, 2.05) is 36.4 Å². The maximum atomic E-state index is 12.1. The Kier molecular flexibility index (Phi) is 4.88. The van der Waals surface area contributed by atoms with E-state index >= 15 is 0 Å².